The summed E-state index contributed by atoms with van der Waals surface area (Å²) in [5.41, 5.74) is 1.66. The van der Waals surface area contributed by atoms with Gasteiger partial charge in [0, 0.05) is 18.4 Å². The van der Waals surface area contributed by atoms with E-state index in [2.05, 4.69) is 28.7 Å². The topological polar surface area (TPSA) is 55.0 Å². The second-order valence-electron chi connectivity index (χ2n) is 5.46. The zero-order valence-electron chi connectivity index (χ0n) is 11.0. The minimum absolute atomic E-state index is 0.252. The number of carbonyl (C=O) groups is 1. The van der Waals surface area contributed by atoms with Gasteiger partial charge in [-0.15, -0.1) is 0 Å². The van der Waals surface area contributed by atoms with Crippen LogP contribution in [0, 0.1) is 17.8 Å². The fraction of sp³-hybridized carbons (Fsp3) is 0.467. The van der Waals surface area contributed by atoms with Crippen LogP contribution in [-0.4, -0.2) is 22.0 Å². The van der Waals surface area contributed by atoms with Crippen molar-refractivity contribution in [2.45, 2.75) is 25.9 Å². The number of fused-ring (bicyclic) bond motifs is 2. The van der Waals surface area contributed by atoms with Gasteiger partial charge in [0.2, 0.25) is 0 Å². The lowest BCUT2D eigenvalue weighted by molar-refractivity contribution is -0.146. The Morgan fingerprint density at radius 2 is 2.37 bits per heavy atom. The molecule has 2 bridgehead atoms. The number of rotatable bonds is 4. The lowest BCUT2D eigenvalue weighted by atomic mass is 9.84. The first-order valence-electron chi connectivity index (χ1n) is 6.68. The first-order chi connectivity index (χ1) is 9.15. The molecule has 4 heteroatoms. The number of nitrogens with zero attached hydrogens (tertiary/aromatic N) is 1. The van der Waals surface area contributed by atoms with Crippen LogP contribution in [0.3, 0.4) is 0 Å². The molecule has 1 saturated carbocycles. The average Bonchev–Trinajstić information content (AvgIpc) is 3.10. The highest BCUT2D eigenvalue weighted by Gasteiger charge is 2.42. The molecule has 0 aromatic carbocycles. The Morgan fingerprint density at radius 1 is 1.53 bits per heavy atom. The standard InChI is InChI=1S/C15H18N2O2/c1-9(14-7-16-8-17-14)15(19-10(2)18)13-6-11-3-4-12(13)5-11/h3-4,7-8,11-13,15H,1,5-6H2,2H3,(H,16,17). The number of nitrogens with one attached hydrogen (secondary N) is 1. The fourth-order valence-corrected chi connectivity index (χ4v) is 3.35. The van der Waals surface area contributed by atoms with Crippen LogP contribution in [0.5, 0.6) is 0 Å². The Morgan fingerprint density at radius 3 is 2.89 bits per heavy atom. The summed E-state index contributed by atoms with van der Waals surface area (Å²) in [6, 6.07) is 0. The molecule has 4 unspecified atom stereocenters. The average molecular weight is 258 g/mol. The molecule has 2 aliphatic rings. The number of imidazole rings is 1. The van der Waals surface area contributed by atoms with Crippen molar-refractivity contribution < 1.29 is 9.53 Å². The van der Waals surface area contributed by atoms with E-state index in [1.165, 1.54) is 13.3 Å². The maximum Gasteiger partial charge on any atom is 0.303 e. The van der Waals surface area contributed by atoms with Crippen molar-refractivity contribution in [3.63, 3.8) is 0 Å². The summed E-state index contributed by atoms with van der Waals surface area (Å²) in [7, 11) is 0. The van der Waals surface area contributed by atoms with Crippen molar-refractivity contribution in [1.82, 2.24) is 9.97 Å². The maximum absolute atomic E-state index is 11.4. The molecule has 0 aliphatic heterocycles. The van der Waals surface area contributed by atoms with Gasteiger partial charge in [0.25, 0.3) is 0 Å². The van der Waals surface area contributed by atoms with E-state index in [0.717, 1.165) is 17.7 Å². The number of aromatic nitrogens is 2. The van der Waals surface area contributed by atoms with Crippen molar-refractivity contribution in [2.24, 2.45) is 17.8 Å². The smallest absolute Gasteiger partial charge is 0.303 e. The molecule has 4 nitrogen and oxygen atoms in total. The quantitative estimate of drug-likeness (QED) is 0.667. The van der Waals surface area contributed by atoms with E-state index in [-0.39, 0.29) is 12.1 Å². The van der Waals surface area contributed by atoms with Crippen molar-refractivity contribution in [1.29, 1.82) is 0 Å². The Hall–Kier alpha value is -1.84. The van der Waals surface area contributed by atoms with Gasteiger partial charge in [0.05, 0.1) is 18.2 Å². The van der Waals surface area contributed by atoms with Crippen LogP contribution in [-0.2, 0) is 9.53 Å². The van der Waals surface area contributed by atoms with Gasteiger partial charge in [-0.3, -0.25) is 4.79 Å². The molecule has 1 aromatic heterocycles. The van der Waals surface area contributed by atoms with Crippen LogP contribution in [0.4, 0.5) is 0 Å². The van der Waals surface area contributed by atoms with Crippen LogP contribution in [0.2, 0.25) is 0 Å². The van der Waals surface area contributed by atoms with Gasteiger partial charge in [0.1, 0.15) is 6.10 Å². The maximum atomic E-state index is 11.4. The number of aromatic amines is 1. The second kappa shape index (κ2) is 4.68. The largest absolute Gasteiger partial charge is 0.457 e. The monoisotopic (exact) mass is 258 g/mol. The van der Waals surface area contributed by atoms with Gasteiger partial charge < -0.3 is 9.72 Å². The molecule has 4 atom stereocenters. The minimum atomic E-state index is -0.252. The molecule has 3 rings (SSSR count). The molecule has 0 amide bonds. The van der Waals surface area contributed by atoms with Crippen LogP contribution in [0.15, 0.2) is 31.3 Å². The molecule has 0 spiro atoms. The highest BCUT2D eigenvalue weighted by atomic mass is 16.5. The molecule has 1 fully saturated rings. The molecule has 0 saturated heterocycles. The van der Waals surface area contributed by atoms with Gasteiger partial charge in [-0.2, -0.15) is 0 Å². The molecule has 100 valence electrons. The number of esters is 1. The number of H-pyrrole nitrogens is 1. The molecule has 1 N–H and O–H groups in total. The van der Waals surface area contributed by atoms with Gasteiger partial charge in [-0.25, -0.2) is 4.98 Å². The van der Waals surface area contributed by atoms with E-state index >= 15 is 0 Å². The summed E-state index contributed by atoms with van der Waals surface area (Å²) in [6.45, 7) is 5.56. The van der Waals surface area contributed by atoms with Crippen LogP contribution in [0.1, 0.15) is 25.5 Å². The molecule has 0 radical (unpaired) electrons. The molecular weight excluding hydrogens is 240 g/mol. The molecule has 1 heterocycles. The van der Waals surface area contributed by atoms with E-state index < -0.39 is 0 Å². The van der Waals surface area contributed by atoms with E-state index in [4.69, 9.17) is 4.74 Å². The van der Waals surface area contributed by atoms with Gasteiger partial charge in [-0.05, 0) is 24.7 Å². The molecule has 19 heavy (non-hydrogen) atoms. The van der Waals surface area contributed by atoms with Gasteiger partial charge in [-0.1, -0.05) is 18.7 Å². The first kappa shape index (κ1) is 12.2. The summed E-state index contributed by atoms with van der Waals surface area (Å²) >= 11 is 0. The summed E-state index contributed by atoms with van der Waals surface area (Å²) < 4.78 is 5.55. The molecular formula is C15H18N2O2. The van der Waals surface area contributed by atoms with E-state index in [1.807, 2.05) is 0 Å². The number of carbonyl (C=O) groups excluding carboxylic acids is 1. The fourth-order valence-electron chi connectivity index (χ4n) is 3.35. The zero-order chi connectivity index (χ0) is 13.4. The lowest BCUT2D eigenvalue weighted by Crippen LogP contribution is -2.30. The van der Waals surface area contributed by atoms with Crippen molar-refractivity contribution in [2.75, 3.05) is 0 Å². The Labute approximate surface area is 112 Å². The third-order valence-corrected chi connectivity index (χ3v) is 4.20. The Kier molecular flexibility index (Phi) is 3.01. The molecule has 2 aliphatic carbocycles. The number of ether oxygens (including phenoxy) is 1. The second-order valence-corrected chi connectivity index (χ2v) is 5.46. The van der Waals surface area contributed by atoms with Crippen LogP contribution < -0.4 is 0 Å². The Bertz CT molecular complexity index is 518. The highest BCUT2D eigenvalue weighted by Crippen LogP contribution is 2.47. The van der Waals surface area contributed by atoms with E-state index in [1.54, 1.807) is 12.5 Å². The zero-order valence-corrected chi connectivity index (χ0v) is 11.0. The van der Waals surface area contributed by atoms with Crippen molar-refractivity contribution >= 4 is 11.5 Å². The number of allylic oxidation sites excluding steroid dienone is 2. The predicted octanol–water partition coefficient (Wildman–Crippen LogP) is 2.57. The number of hydrogen-bond acceptors (Lipinski definition) is 3. The molecule has 1 aromatic rings. The Balaban J connectivity index is 1.83. The normalized spacial score (nSPS) is 29.4. The first-order valence-corrected chi connectivity index (χ1v) is 6.68. The van der Waals surface area contributed by atoms with Crippen molar-refractivity contribution in [3.05, 3.63) is 36.9 Å². The summed E-state index contributed by atoms with van der Waals surface area (Å²) in [5, 5.41) is 0. The van der Waals surface area contributed by atoms with Gasteiger partial charge in [0.15, 0.2) is 0 Å². The van der Waals surface area contributed by atoms with Crippen LogP contribution in [0.25, 0.3) is 5.57 Å². The third kappa shape index (κ3) is 2.23. The SMILES string of the molecule is C=C(c1cnc[nH]1)C(OC(C)=O)C1CC2C=CC1C2. The van der Waals surface area contributed by atoms with E-state index in [0.29, 0.717) is 17.8 Å². The highest BCUT2D eigenvalue weighted by molar-refractivity contribution is 5.71. The van der Waals surface area contributed by atoms with E-state index in [9.17, 15) is 4.79 Å². The lowest BCUT2D eigenvalue weighted by Gasteiger charge is -2.29. The third-order valence-electron chi connectivity index (χ3n) is 4.20. The predicted molar refractivity (Wildman–Crippen MR) is 72.0 cm³/mol. The number of hydrogen-bond donors (Lipinski definition) is 1. The summed E-state index contributed by atoms with van der Waals surface area (Å²) in [6.07, 6.45) is 9.89. The summed E-state index contributed by atoms with van der Waals surface area (Å²) in [4.78, 5) is 18.4. The minimum Gasteiger partial charge on any atom is -0.457 e. The summed E-state index contributed by atoms with van der Waals surface area (Å²) in [5.74, 6) is 1.24. The van der Waals surface area contributed by atoms with Gasteiger partial charge >= 0.3 is 5.97 Å². The van der Waals surface area contributed by atoms with Crippen molar-refractivity contribution in [3.8, 4) is 0 Å². The van der Waals surface area contributed by atoms with Crippen LogP contribution >= 0.6 is 0 Å².